The van der Waals surface area contributed by atoms with Gasteiger partial charge in [0.2, 0.25) is 0 Å². The molecule has 0 aromatic heterocycles. The van der Waals surface area contributed by atoms with E-state index in [0.717, 1.165) is 27.5 Å². The van der Waals surface area contributed by atoms with E-state index in [2.05, 4.69) is 30.3 Å². The molecule has 0 spiro atoms. The highest BCUT2D eigenvalue weighted by atomic mass is 16.1. The smallest absolute Gasteiger partial charge is 0.163 e. The Morgan fingerprint density at radius 3 is 2.25 bits per heavy atom. The van der Waals surface area contributed by atoms with Gasteiger partial charge in [-0.15, -0.1) is 0 Å². The van der Waals surface area contributed by atoms with Crippen LogP contribution in [-0.4, -0.2) is 5.78 Å². The highest BCUT2D eigenvalue weighted by molar-refractivity contribution is 6.13. The molecule has 1 heteroatoms. The molecule has 0 N–H and O–H groups in total. The molecular formula is C19H16O. The summed E-state index contributed by atoms with van der Waals surface area (Å²) >= 11 is 0. The molecule has 0 radical (unpaired) electrons. The van der Waals surface area contributed by atoms with Gasteiger partial charge in [-0.25, -0.2) is 0 Å². The summed E-state index contributed by atoms with van der Waals surface area (Å²) < 4.78 is 0. The van der Waals surface area contributed by atoms with E-state index in [4.69, 9.17) is 0 Å². The second kappa shape index (κ2) is 5.30. The second-order valence-electron chi connectivity index (χ2n) is 4.85. The predicted molar refractivity (Wildman–Crippen MR) is 84.0 cm³/mol. The van der Waals surface area contributed by atoms with Gasteiger partial charge in [-0.3, -0.25) is 4.79 Å². The van der Waals surface area contributed by atoms with Gasteiger partial charge in [-0.1, -0.05) is 73.7 Å². The third kappa shape index (κ3) is 2.12. The topological polar surface area (TPSA) is 17.1 Å². The normalized spacial score (nSPS) is 10.7. The number of hydrogen-bond acceptors (Lipinski definition) is 1. The van der Waals surface area contributed by atoms with Crippen molar-refractivity contribution in [1.82, 2.24) is 0 Å². The summed E-state index contributed by atoms with van der Waals surface area (Å²) in [5.41, 5.74) is 3.10. The van der Waals surface area contributed by atoms with E-state index in [0.29, 0.717) is 6.42 Å². The first-order valence-electron chi connectivity index (χ1n) is 6.91. The summed E-state index contributed by atoms with van der Waals surface area (Å²) in [4.78, 5) is 12.2. The van der Waals surface area contributed by atoms with Crippen molar-refractivity contribution in [3.63, 3.8) is 0 Å². The van der Waals surface area contributed by atoms with Crippen LogP contribution >= 0.6 is 0 Å². The number of fused-ring (bicyclic) bond motifs is 1. The second-order valence-corrected chi connectivity index (χ2v) is 4.85. The minimum atomic E-state index is 0.194. The van der Waals surface area contributed by atoms with E-state index in [1.165, 1.54) is 0 Å². The van der Waals surface area contributed by atoms with Crippen LogP contribution in [0, 0.1) is 0 Å². The molecule has 0 bridgehead atoms. The molecule has 3 aromatic carbocycles. The summed E-state index contributed by atoms with van der Waals surface area (Å²) in [7, 11) is 0. The van der Waals surface area contributed by atoms with Crippen molar-refractivity contribution >= 4 is 16.6 Å². The Bertz CT molecular complexity index is 752. The maximum Gasteiger partial charge on any atom is 0.163 e. The molecule has 0 saturated carbocycles. The minimum absolute atomic E-state index is 0.194. The predicted octanol–water partition coefficient (Wildman–Crippen LogP) is 5.10. The Kier molecular flexibility index (Phi) is 3.34. The zero-order valence-corrected chi connectivity index (χ0v) is 11.5. The number of benzene rings is 3. The minimum Gasteiger partial charge on any atom is -0.294 e. The highest BCUT2D eigenvalue weighted by Crippen LogP contribution is 2.31. The Hall–Kier alpha value is -2.41. The van der Waals surface area contributed by atoms with Gasteiger partial charge in [0.25, 0.3) is 0 Å². The van der Waals surface area contributed by atoms with Crippen molar-refractivity contribution < 1.29 is 4.79 Å². The maximum absolute atomic E-state index is 12.2. The van der Waals surface area contributed by atoms with Crippen LogP contribution in [-0.2, 0) is 0 Å². The van der Waals surface area contributed by atoms with E-state index in [-0.39, 0.29) is 5.78 Å². The average Bonchev–Trinajstić information content (AvgIpc) is 2.53. The zero-order chi connectivity index (χ0) is 13.9. The first-order chi connectivity index (χ1) is 9.81. The van der Waals surface area contributed by atoms with Crippen LogP contribution in [0.4, 0.5) is 0 Å². The van der Waals surface area contributed by atoms with Crippen molar-refractivity contribution in [1.29, 1.82) is 0 Å². The van der Waals surface area contributed by atoms with Crippen LogP contribution < -0.4 is 0 Å². The van der Waals surface area contributed by atoms with Gasteiger partial charge < -0.3 is 0 Å². The molecule has 98 valence electrons. The van der Waals surface area contributed by atoms with Crippen molar-refractivity contribution in [3.8, 4) is 11.1 Å². The largest absolute Gasteiger partial charge is 0.294 e. The van der Waals surface area contributed by atoms with Gasteiger partial charge in [0.05, 0.1) is 0 Å². The lowest BCUT2D eigenvalue weighted by atomic mass is 9.92. The molecule has 1 nitrogen and oxygen atoms in total. The highest BCUT2D eigenvalue weighted by Gasteiger charge is 2.12. The molecule has 0 heterocycles. The molecule has 0 aliphatic rings. The molecule has 0 unspecified atom stereocenters. The standard InChI is InChI=1S/C19H16O/c1-2-18(20)17-13-7-11-15-10-6-12-16(19(15)17)14-8-4-3-5-9-14/h3-13H,2H2,1H3. The molecule has 3 rings (SSSR count). The fourth-order valence-electron chi connectivity index (χ4n) is 2.62. The summed E-state index contributed by atoms with van der Waals surface area (Å²) in [6.07, 6.45) is 0.530. The quantitative estimate of drug-likeness (QED) is 0.599. The Labute approximate surface area is 118 Å². The van der Waals surface area contributed by atoms with Crippen LogP contribution in [0.5, 0.6) is 0 Å². The summed E-state index contributed by atoms with van der Waals surface area (Å²) in [6, 6.07) is 22.4. The number of ketones is 1. The van der Waals surface area contributed by atoms with Crippen LogP contribution in [0.15, 0.2) is 66.7 Å². The van der Waals surface area contributed by atoms with Gasteiger partial charge in [0.15, 0.2) is 5.78 Å². The molecule has 0 amide bonds. The third-order valence-corrected chi connectivity index (χ3v) is 3.61. The number of hydrogen-bond donors (Lipinski definition) is 0. The van der Waals surface area contributed by atoms with Gasteiger partial charge in [0.1, 0.15) is 0 Å². The molecule has 3 aromatic rings. The van der Waals surface area contributed by atoms with Gasteiger partial charge >= 0.3 is 0 Å². The van der Waals surface area contributed by atoms with Crippen molar-refractivity contribution in [2.24, 2.45) is 0 Å². The van der Waals surface area contributed by atoms with E-state index in [1.54, 1.807) is 0 Å². The Morgan fingerprint density at radius 1 is 0.850 bits per heavy atom. The van der Waals surface area contributed by atoms with E-state index >= 15 is 0 Å². The molecule has 0 aliphatic carbocycles. The summed E-state index contributed by atoms with van der Waals surface area (Å²) in [6.45, 7) is 1.91. The Balaban J connectivity index is 2.36. The zero-order valence-electron chi connectivity index (χ0n) is 11.5. The fourth-order valence-corrected chi connectivity index (χ4v) is 2.62. The van der Waals surface area contributed by atoms with Crippen LogP contribution in [0.1, 0.15) is 23.7 Å². The maximum atomic E-state index is 12.2. The first-order valence-corrected chi connectivity index (χ1v) is 6.91. The number of rotatable bonds is 3. The van der Waals surface area contributed by atoms with E-state index in [1.807, 2.05) is 43.3 Å². The molecule has 20 heavy (non-hydrogen) atoms. The first kappa shape index (κ1) is 12.6. The number of Topliss-reactive ketones (excluding diaryl/α,β-unsaturated/α-hetero) is 1. The lowest BCUT2D eigenvalue weighted by molar-refractivity contribution is 0.0990. The van der Waals surface area contributed by atoms with Crippen molar-refractivity contribution in [3.05, 3.63) is 72.3 Å². The van der Waals surface area contributed by atoms with Crippen LogP contribution in [0.3, 0.4) is 0 Å². The van der Waals surface area contributed by atoms with Crippen molar-refractivity contribution in [2.75, 3.05) is 0 Å². The van der Waals surface area contributed by atoms with E-state index < -0.39 is 0 Å². The third-order valence-electron chi connectivity index (χ3n) is 3.61. The molecular weight excluding hydrogens is 244 g/mol. The SMILES string of the molecule is CCC(=O)c1cccc2cccc(-c3ccccc3)c12. The molecule has 0 atom stereocenters. The molecule has 0 aliphatic heterocycles. The lowest BCUT2D eigenvalue weighted by Crippen LogP contribution is -1.98. The van der Waals surface area contributed by atoms with Crippen LogP contribution in [0.2, 0.25) is 0 Å². The molecule has 0 saturated heterocycles. The average molecular weight is 260 g/mol. The lowest BCUT2D eigenvalue weighted by Gasteiger charge is -2.11. The monoisotopic (exact) mass is 260 g/mol. The van der Waals surface area contributed by atoms with Gasteiger partial charge in [-0.05, 0) is 16.5 Å². The molecule has 0 fully saturated rings. The summed E-state index contributed by atoms with van der Waals surface area (Å²) in [5, 5.41) is 2.18. The Morgan fingerprint density at radius 2 is 1.55 bits per heavy atom. The van der Waals surface area contributed by atoms with Gasteiger partial charge in [-0.2, -0.15) is 0 Å². The van der Waals surface area contributed by atoms with Crippen molar-refractivity contribution in [2.45, 2.75) is 13.3 Å². The van der Waals surface area contributed by atoms with Crippen LogP contribution in [0.25, 0.3) is 21.9 Å². The van der Waals surface area contributed by atoms with Gasteiger partial charge in [0, 0.05) is 17.4 Å². The summed E-state index contributed by atoms with van der Waals surface area (Å²) in [5.74, 6) is 0.194. The number of carbonyl (C=O) groups is 1. The fraction of sp³-hybridized carbons (Fsp3) is 0.105. The van der Waals surface area contributed by atoms with E-state index in [9.17, 15) is 4.79 Å². The number of carbonyl (C=O) groups excluding carboxylic acids is 1.